The molecule has 1 atom stereocenters. The summed E-state index contributed by atoms with van der Waals surface area (Å²) in [5.41, 5.74) is 6.85. The first-order valence-electron chi connectivity index (χ1n) is 5.08. The highest BCUT2D eigenvalue weighted by Crippen LogP contribution is 2.34. The second-order valence-electron chi connectivity index (χ2n) is 3.85. The molecule has 0 saturated carbocycles. The zero-order chi connectivity index (χ0) is 10.8. The fourth-order valence-electron chi connectivity index (χ4n) is 2.05. The Morgan fingerprint density at radius 3 is 2.81 bits per heavy atom. The predicted octanol–water partition coefficient (Wildman–Crippen LogP) is 3.40. The average Bonchev–Trinajstić information content (AvgIpc) is 2.80. The number of thiophene rings is 1. The zero-order valence-electron chi connectivity index (χ0n) is 8.79. The van der Waals surface area contributed by atoms with Gasteiger partial charge < -0.3 is 5.73 Å². The maximum absolute atomic E-state index is 6.10. The third-order valence-electron chi connectivity index (χ3n) is 2.90. The highest BCUT2D eigenvalue weighted by molar-refractivity contribution is 7.15. The first kappa shape index (κ1) is 14.6. The van der Waals surface area contributed by atoms with Crippen LogP contribution in [0, 0.1) is 0 Å². The van der Waals surface area contributed by atoms with E-state index in [-0.39, 0.29) is 12.4 Å². The highest BCUT2D eigenvalue weighted by atomic mass is 35.5. The van der Waals surface area contributed by atoms with Gasteiger partial charge in [0, 0.05) is 19.1 Å². The highest BCUT2D eigenvalue weighted by Gasteiger charge is 2.24. The summed E-state index contributed by atoms with van der Waals surface area (Å²) in [5, 5.41) is 2.75. The van der Waals surface area contributed by atoms with Crippen LogP contribution in [-0.4, -0.2) is 24.0 Å². The molecule has 1 aromatic heterocycles. The van der Waals surface area contributed by atoms with Crippen molar-refractivity contribution in [1.29, 1.82) is 0 Å². The zero-order valence-corrected chi connectivity index (χ0v) is 11.9. The number of hydrogen-bond acceptors (Lipinski definition) is 3. The molecule has 2 nitrogen and oxygen atoms in total. The van der Waals surface area contributed by atoms with Gasteiger partial charge in [0.25, 0.3) is 0 Å². The van der Waals surface area contributed by atoms with Gasteiger partial charge in [-0.25, -0.2) is 0 Å². The second kappa shape index (κ2) is 6.43. The number of halogens is 3. The van der Waals surface area contributed by atoms with Crippen molar-refractivity contribution in [3.05, 3.63) is 20.3 Å². The van der Waals surface area contributed by atoms with Gasteiger partial charge in [0.1, 0.15) is 4.34 Å². The SMILES string of the molecule is Cl.NCC1CCCN1Cc1csc(Cl)c1Cl. The molecular weight excluding hydrogens is 287 g/mol. The van der Waals surface area contributed by atoms with E-state index in [4.69, 9.17) is 28.9 Å². The summed E-state index contributed by atoms with van der Waals surface area (Å²) in [6.07, 6.45) is 2.43. The predicted molar refractivity (Wildman–Crippen MR) is 74.1 cm³/mol. The average molecular weight is 302 g/mol. The van der Waals surface area contributed by atoms with Crippen molar-refractivity contribution in [2.24, 2.45) is 5.73 Å². The minimum absolute atomic E-state index is 0. The first-order valence-corrected chi connectivity index (χ1v) is 6.71. The first-order chi connectivity index (χ1) is 7.22. The van der Waals surface area contributed by atoms with Gasteiger partial charge in [-0.1, -0.05) is 23.2 Å². The van der Waals surface area contributed by atoms with E-state index >= 15 is 0 Å². The lowest BCUT2D eigenvalue weighted by Gasteiger charge is -2.22. The maximum atomic E-state index is 6.10. The lowest BCUT2D eigenvalue weighted by atomic mass is 10.2. The summed E-state index contributed by atoms with van der Waals surface area (Å²) in [4.78, 5) is 2.39. The van der Waals surface area contributed by atoms with Crippen LogP contribution in [0.15, 0.2) is 5.38 Å². The van der Waals surface area contributed by atoms with E-state index < -0.39 is 0 Å². The van der Waals surface area contributed by atoms with Gasteiger partial charge in [0.2, 0.25) is 0 Å². The standard InChI is InChI=1S/C10H14Cl2N2S.ClH/c11-9-7(6-15-10(9)12)5-14-3-1-2-8(14)4-13;/h6,8H,1-5,13H2;1H. The van der Waals surface area contributed by atoms with Crippen LogP contribution >= 0.6 is 46.9 Å². The van der Waals surface area contributed by atoms with E-state index in [0.717, 1.165) is 25.2 Å². The molecule has 6 heteroatoms. The van der Waals surface area contributed by atoms with Crippen molar-refractivity contribution >= 4 is 46.9 Å². The molecule has 1 fully saturated rings. The summed E-state index contributed by atoms with van der Waals surface area (Å²) in [6.45, 7) is 2.73. The summed E-state index contributed by atoms with van der Waals surface area (Å²) < 4.78 is 0.690. The molecule has 16 heavy (non-hydrogen) atoms. The Bertz CT molecular complexity index is 343. The molecule has 0 spiro atoms. The smallest absolute Gasteiger partial charge is 0.112 e. The van der Waals surface area contributed by atoms with Crippen LogP contribution in [-0.2, 0) is 6.54 Å². The fourth-order valence-corrected chi connectivity index (χ4v) is 3.29. The summed E-state index contributed by atoms with van der Waals surface area (Å²) >= 11 is 13.5. The third kappa shape index (κ3) is 3.03. The summed E-state index contributed by atoms with van der Waals surface area (Å²) in [5.74, 6) is 0. The van der Waals surface area contributed by atoms with Crippen LogP contribution in [0.1, 0.15) is 18.4 Å². The van der Waals surface area contributed by atoms with Gasteiger partial charge in [-0.3, -0.25) is 4.90 Å². The van der Waals surface area contributed by atoms with Crippen LogP contribution in [0.2, 0.25) is 9.36 Å². The maximum Gasteiger partial charge on any atom is 0.112 e. The summed E-state index contributed by atoms with van der Waals surface area (Å²) in [6, 6.07) is 0.514. The van der Waals surface area contributed by atoms with Crippen molar-refractivity contribution < 1.29 is 0 Å². The van der Waals surface area contributed by atoms with Crippen molar-refractivity contribution in [2.45, 2.75) is 25.4 Å². The molecular formula is C10H15Cl3N2S. The number of likely N-dealkylation sites (tertiary alicyclic amines) is 1. The van der Waals surface area contributed by atoms with Crippen molar-refractivity contribution in [3.63, 3.8) is 0 Å². The van der Waals surface area contributed by atoms with Crippen LogP contribution in [0.5, 0.6) is 0 Å². The van der Waals surface area contributed by atoms with E-state index in [0.29, 0.717) is 15.4 Å². The third-order valence-corrected chi connectivity index (χ3v) is 4.81. The molecule has 1 unspecified atom stereocenters. The van der Waals surface area contributed by atoms with E-state index in [1.165, 1.54) is 24.2 Å². The van der Waals surface area contributed by atoms with Crippen LogP contribution in [0.25, 0.3) is 0 Å². The number of hydrogen-bond donors (Lipinski definition) is 1. The van der Waals surface area contributed by atoms with Crippen molar-refractivity contribution in [2.75, 3.05) is 13.1 Å². The van der Waals surface area contributed by atoms with Crippen LogP contribution < -0.4 is 5.73 Å². The molecule has 2 N–H and O–H groups in total. The fraction of sp³-hybridized carbons (Fsp3) is 0.600. The normalized spacial score (nSPS) is 21.1. The molecule has 2 heterocycles. The molecule has 1 aliphatic rings. The molecule has 1 saturated heterocycles. The Morgan fingerprint density at radius 2 is 2.25 bits per heavy atom. The minimum atomic E-state index is 0. The van der Waals surface area contributed by atoms with E-state index in [2.05, 4.69) is 4.90 Å². The topological polar surface area (TPSA) is 29.3 Å². The van der Waals surface area contributed by atoms with Gasteiger partial charge >= 0.3 is 0 Å². The lowest BCUT2D eigenvalue weighted by Crippen LogP contribution is -2.34. The Balaban J connectivity index is 0.00000128. The monoisotopic (exact) mass is 300 g/mol. The lowest BCUT2D eigenvalue weighted by molar-refractivity contribution is 0.250. The van der Waals surface area contributed by atoms with Gasteiger partial charge in [-0.15, -0.1) is 23.7 Å². The summed E-state index contributed by atoms with van der Waals surface area (Å²) in [7, 11) is 0. The number of nitrogens with two attached hydrogens (primary N) is 1. The van der Waals surface area contributed by atoms with E-state index in [1.807, 2.05) is 5.38 Å². The van der Waals surface area contributed by atoms with Gasteiger partial charge in [0.05, 0.1) is 5.02 Å². The number of nitrogens with zero attached hydrogens (tertiary/aromatic N) is 1. The largest absolute Gasteiger partial charge is 0.329 e. The van der Waals surface area contributed by atoms with Gasteiger partial charge in [0.15, 0.2) is 0 Å². The van der Waals surface area contributed by atoms with Gasteiger partial charge in [-0.2, -0.15) is 0 Å². The van der Waals surface area contributed by atoms with Crippen LogP contribution in [0.4, 0.5) is 0 Å². The Hall–Kier alpha value is 0.490. The van der Waals surface area contributed by atoms with Crippen LogP contribution in [0.3, 0.4) is 0 Å². The molecule has 0 bridgehead atoms. The Labute approximate surface area is 116 Å². The van der Waals surface area contributed by atoms with Gasteiger partial charge in [-0.05, 0) is 30.3 Å². The molecule has 92 valence electrons. The minimum Gasteiger partial charge on any atom is -0.329 e. The van der Waals surface area contributed by atoms with E-state index in [9.17, 15) is 0 Å². The molecule has 0 aromatic carbocycles. The molecule has 0 aliphatic carbocycles. The number of rotatable bonds is 3. The molecule has 0 amide bonds. The molecule has 1 aliphatic heterocycles. The van der Waals surface area contributed by atoms with Crippen molar-refractivity contribution in [3.8, 4) is 0 Å². The second-order valence-corrected chi connectivity index (χ2v) is 5.71. The Kier molecular flexibility index (Phi) is 5.85. The molecule has 0 radical (unpaired) electrons. The Morgan fingerprint density at radius 1 is 1.50 bits per heavy atom. The van der Waals surface area contributed by atoms with Crippen molar-refractivity contribution in [1.82, 2.24) is 4.90 Å². The molecule has 1 aromatic rings. The molecule has 2 rings (SSSR count). The van der Waals surface area contributed by atoms with E-state index in [1.54, 1.807) is 0 Å². The quantitative estimate of drug-likeness (QED) is 0.927.